The number of aromatic hydroxyl groups is 1. The fourth-order valence-electron chi connectivity index (χ4n) is 3.33. The molecule has 2 N–H and O–H groups in total. The van der Waals surface area contributed by atoms with Crippen LogP contribution >= 0.6 is 0 Å². The molecular weight excluding hydrogens is 410 g/mol. The predicted octanol–water partition coefficient (Wildman–Crippen LogP) is 4.80. The molecule has 0 fully saturated rings. The van der Waals surface area contributed by atoms with E-state index in [1.54, 1.807) is 42.6 Å². The first-order valence-corrected chi connectivity index (χ1v) is 10.3. The number of benzene rings is 2. The zero-order valence-electron chi connectivity index (χ0n) is 18.0. The summed E-state index contributed by atoms with van der Waals surface area (Å²) in [7, 11) is 0. The summed E-state index contributed by atoms with van der Waals surface area (Å²) in [5, 5.41) is 19.8. The van der Waals surface area contributed by atoms with Gasteiger partial charge < -0.3 is 19.7 Å². The molecule has 0 bridgehead atoms. The number of ketones is 1. The van der Waals surface area contributed by atoms with Crippen LogP contribution in [0, 0.1) is 0 Å². The van der Waals surface area contributed by atoms with Gasteiger partial charge in [0.2, 0.25) is 0 Å². The van der Waals surface area contributed by atoms with Crippen molar-refractivity contribution in [1.82, 2.24) is 4.98 Å². The van der Waals surface area contributed by atoms with Gasteiger partial charge in [0.25, 0.3) is 0 Å². The van der Waals surface area contributed by atoms with Crippen LogP contribution in [0.2, 0.25) is 0 Å². The molecule has 0 atom stereocenters. The van der Waals surface area contributed by atoms with E-state index in [0.717, 1.165) is 12.0 Å². The number of nitrogens with zero attached hydrogens (tertiary/aromatic N) is 1. The number of ether oxygens (including phenoxy) is 2. The molecule has 0 unspecified atom stereocenters. The van der Waals surface area contributed by atoms with E-state index in [2.05, 4.69) is 4.98 Å². The quantitative estimate of drug-likeness (QED) is 0.441. The number of hydrogen-bond donors (Lipinski definition) is 2. The highest BCUT2D eigenvalue weighted by atomic mass is 16.5. The first-order valence-electron chi connectivity index (χ1n) is 10.3. The second kappa shape index (κ2) is 10.4. The Kier molecular flexibility index (Phi) is 7.44. The SMILES string of the molecule is CCCc1c(OCc2cccnc2COc2ccccc2C(=O)O)ccc(C(C)=O)c1O. The van der Waals surface area contributed by atoms with E-state index < -0.39 is 5.97 Å². The van der Waals surface area contributed by atoms with Gasteiger partial charge in [0.05, 0.1) is 11.3 Å². The number of Topliss-reactive ketones (excluding diaryl/α,β-unsaturated/α-hetero) is 1. The second-order valence-electron chi connectivity index (χ2n) is 7.23. The molecule has 0 spiro atoms. The van der Waals surface area contributed by atoms with Crippen LogP contribution in [0.1, 0.15) is 57.8 Å². The summed E-state index contributed by atoms with van der Waals surface area (Å²) in [6.07, 6.45) is 2.97. The lowest BCUT2D eigenvalue weighted by molar-refractivity contribution is 0.0691. The summed E-state index contributed by atoms with van der Waals surface area (Å²) in [6, 6.07) is 13.3. The van der Waals surface area contributed by atoms with Gasteiger partial charge in [-0.15, -0.1) is 0 Å². The largest absolute Gasteiger partial charge is 0.507 e. The topological polar surface area (TPSA) is 106 Å². The maximum atomic E-state index is 11.8. The van der Waals surface area contributed by atoms with E-state index in [4.69, 9.17) is 9.47 Å². The summed E-state index contributed by atoms with van der Waals surface area (Å²) in [6.45, 7) is 3.63. The fraction of sp³-hybridized carbons (Fsp3) is 0.240. The molecule has 0 aliphatic heterocycles. The highest BCUT2D eigenvalue weighted by Crippen LogP contribution is 2.33. The molecule has 0 aliphatic rings. The van der Waals surface area contributed by atoms with Crippen molar-refractivity contribution >= 4 is 11.8 Å². The van der Waals surface area contributed by atoms with Gasteiger partial charge in [0, 0.05) is 17.3 Å². The first-order chi connectivity index (χ1) is 15.4. The summed E-state index contributed by atoms with van der Waals surface area (Å²) in [5.41, 5.74) is 2.31. The van der Waals surface area contributed by atoms with E-state index >= 15 is 0 Å². The van der Waals surface area contributed by atoms with Crippen molar-refractivity contribution in [2.24, 2.45) is 0 Å². The Balaban J connectivity index is 1.79. The molecule has 0 radical (unpaired) electrons. The number of aromatic carboxylic acids is 1. The van der Waals surface area contributed by atoms with E-state index in [1.807, 2.05) is 13.0 Å². The third kappa shape index (κ3) is 5.24. The van der Waals surface area contributed by atoms with E-state index in [0.29, 0.717) is 23.4 Å². The van der Waals surface area contributed by atoms with Crippen LogP contribution in [0.15, 0.2) is 54.7 Å². The lowest BCUT2D eigenvalue weighted by Crippen LogP contribution is -2.09. The number of phenolic OH excluding ortho intramolecular Hbond substituents is 1. The van der Waals surface area contributed by atoms with Gasteiger partial charge in [0.1, 0.15) is 36.0 Å². The molecule has 7 nitrogen and oxygen atoms in total. The minimum atomic E-state index is -1.07. The Hall–Kier alpha value is -3.87. The summed E-state index contributed by atoms with van der Waals surface area (Å²) in [4.78, 5) is 27.5. The Morgan fingerprint density at radius 2 is 1.69 bits per heavy atom. The number of aromatic nitrogens is 1. The van der Waals surface area contributed by atoms with Crippen LogP contribution < -0.4 is 9.47 Å². The molecule has 0 amide bonds. The lowest BCUT2D eigenvalue weighted by atomic mass is 10.0. The van der Waals surface area contributed by atoms with Gasteiger partial charge in [-0.2, -0.15) is 0 Å². The Morgan fingerprint density at radius 1 is 0.938 bits per heavy atom. The number of phenols is 1. The van der Waals surface area contributed by atoms with Crippen LogP contribution in [-0.4, -0.2) is 26.9 Å². The Labute approximate surface area is 186 Å². The van der Waals surface area contributed by atoms with Crippen molar-refractivity contribution in [3.8, 4) is 17.2 Å². The van der Waals surface area contributed by atoms with E-state index in [1.165, 1.54) is 13.0 Å². The van der Waals surface area contributed by atoms with Gasteiger partial charge in [-0.1, -0.05) is 31.5 Å². The molecule has 2 aromatic carbocycles. The minimum Gasteiger partial charge on any atom is -0.507 e. The Bertz CT molecular complexity index is 1130. The number of carbonyl (C=O) groups is 2. The van der Waals surface area contributed by atoms with Crippen LogP contribution in [0.4, 0.5) is 0 Å². The van der Waals surface area contributed by atoms with Crippen molar-refractivity contribution in [3.05, 3.63) is 82.7 Å². The van der Waals surface area contributed by atoms with E-state index in [-0.39, 0.29) is 41.6 Å². The second-order valence-corrected chi connectivity index (χ2v) is 7.23. The molecule has 0 saturated carbocycles. The average Bonchev–Trinajstić information content (AvgIpc) is 2.78. The molecule has 1 aromatic heterocycles. The summed E-state index contributed by atoms with van der Waals surface area (Å²) >= 11 is 0. The highest BCUT2D eigenvalue weighted by molar-refractivity contribution is 5.97. The zero-order valence-corrected chi connectivity index (χ0v) is 18.0. The maximum Gasteiger partial charge on any atom is 0.339 e. The van der Waals surface area contributed by atoms with Crippen molar-refractivity contribution < 1.29 is 29.3 Å². The molecule has 0 saturated heterocycles. The van der Waals surface area contributed by atoms with Crippen LogP contribution in [0.25, 0.3) is 0 Å². The minimum absolute atomic E-state index is 0.0446. The third-order valence-electron chi connectivity index (χ3n) is 4.97. The van der Waals surface area contributed by atoms with Crippen molar-refractivity contribution in [2.45, 2.75) is 39.9 Å². The lowest BCUT2D eigenvalue weighted by Gasteiger charge is -2.16. The van der Waals surface area contributed by atoms with Gasteiger partial charge in [-0.25, -0.2) is 4.79 Å². The first kappa shape index (κ1) is 22.8. The number of pyridine rings is 1. The third-order valence-corrected chi connectivity index (χ3v) is 4.97. The van der Waals surface area contributed by atoms with Crippen molar-refractivity contribution in [3.63, 3.8) is 0 Å². The number of rotatable bonds is 10. The molecule has 166 valence electrons. The number of carboxylic acids is 1. The zero-order chi connectivity index (χ0) is 23.1. The number of para-hydroxylation sites is 1. The summed E-state index contributed by atoms with van der Waals surface area (Å²) < 4.78 is 11.7. The standard InChI is InChI=1S/C25H25NO6/c1-3-7-19-23(12-11-18(16(2)27)24(19)28)31-14-17-8-6-13-26-21(17)15-32-22-10-5-4-9-20(22)25(29)30/h4-6,8-13,28H,3,7,14-15H2,1-2H3,(H,29,30). The molecule has 7 heteroatoms. The molecular formula is C25H25NO6. The van der Waals surface area contributed by atoms with Gasteiger partial charge in [-0.05, 0) is 43.7 Å². The molecule has 0 aliphatic carbocycles. The molecule has 3 aromatic rings. The molecule has 1 heterocycles. The molecule has 3 rings (SSSR count). The van der Waals surface area contributed by atoms with Crippen LogP contribution in [0.3, 0.4) is 0 Å². The monoisotopic (exact) mass is 435 g/mol. The van der Waals surface area contributed by atoms with Crippen molar-refractivity contribution in [1.29, 1.82) is 0 Å². The van der Waals surface area contributed by atoms with Gasteiger partial charge in [0.15, 0.2) is 5.78 Å². The number of hydrogen-bond acceptors (Lipinski definition) is 6. The number of carbonyl (C=O) groups excluding carboxylic acids is 1. The fourth-order valence-corrected chi connectivity index (χ4v) is 3.33. The average molecular weight is 435 g/mol. The normalized spacial score (nSPS) is 10.6. The van der Waals surface area contributed by atoms with Gasteiger partial charge in [-0.3, -0.25) is 9.78 Å². The predicted molar refractivity (Wildman–Crippen MR) is 118 cm³/mol. The van der Waals surface area contributed by atoms with Crippen molar-refractivity contribution in [2.75, 3.05) is 0 Å². The van der Waals surface area contributed by atoms with Crippen LogP contribution in [-0.2, 0) is 19.6 Å². The van der Waals surface area contributed by atoms with Crippen LogP contribution in [0.5, 0.6) is 17.2 Å². The highest BCUT2D eigenvalue weighted by Gasteiger charge is 2.17. The molecule has 32 heavy (non-hydrogen) atoms. The van der Waals surface area contributed by atoms with Gasteiger partial charge >= 0.3 is 5.97 Å². The number of carboxylic acid groups (broad SMARTS) is 1. The van der Waals surface area contributed by atoms with E-state index in [9.17, 15) is 19.8 Å². The maximum absolute atomic E-state index is 11.8. The summed E-state index contributed by atoms with van der Waals surface area (Å²) in [5.74, 6) is -0.562. The Morgan fingerprint density at radius 3 is 2.41 bits per heavy atom. The smallest absolute Gasteiger partial charge is 0.339 e.